The van der Waals surface area contributed by atoms with Gasteiger partial charge in [-0.25, -0.2) is 0 Å². The van der Waals surface area contributed by atoms with Gasteiger partial charge in [0.05, 0.1) is 12.7 Å². The van der Waals surface area contributed by atoms with Crippen LogP contribution in [0.2, 0.25) is 0 Å². The zero-order chi connectivity index (χ0) is 17.4. The Kier molecular flexibility index (Phi) is 7.15. The molecule has 4 nitrogen and oxygen atoms in total. The number of nitrogens with one attached hydrogen (secondary N) is 1. The molecule has 2 rings (SSSR count). The van der Waals surface area contributed by atoms with Crippen LogP contribution in [-0.2, 0) is 6.54 Å². The van der Waals surface area contributed by atoms with Crippen LogP contribution in [0.15, 0.2) is 53.4 Å². The van der Waals surface area contributed by atoms with Gasteiger partial charge in [-0.3, -0.25) is 4.79 Å². The molecule has 1 N–H and O–H groups in total. The highest BCUT2D eigenvalue weighted by atomic mass is 32.2. The zero-order valence-corrected chi connectivity index (χ0v) is 15.2. The van der Waals surface area contributed by atoms with Gasteiger partial charge in [-0.05, 0) is 37.1 Å². The minimum atomic E-state index is -0.101. The van der Waals surface area contributed by atoms with Gasteiger partial charge in [-0.2, -0.15) is 0 Å². The van der Waals surface area contributed by atoms with E-state index in [0.717, 1.165) is 18.0 Å². The summed E-state index contributed by atoms with van der Waals surface area (Å²) in [4.78, 5) is 15.6. The van der Waals surface area contributed by atoms with E-state index in [1.54, 1.807) is 18.9 Å². The predicted octanol–water partition coefficient (Wildman–Crippen LogP) is 3.28. The molecule has 0 aliphatic rings. The summed E-state index contributed by atoms with van der Waals surface area (Å²) in [5.74, 6) is 0.499. The van der Waals surface area contributed by atoms with Crippen LogP contribution in [-0.4, -0.2) is 44.3 Å². The Morgan fingerprint density at radius 1 is 1.21 bits per heavy atom. The Hall–Kier alpha value is -1.98. The van der Waals surface area contributed by atoms with Crippen LogP contribution in [0.4, 0.5) is 0 Å². The number of carbonyl (C=O) groups is 1. The van der Waals surface area contributed by atoms with Crippen LogP contribution < -0.4 is 10.1 Å². The number of ether oxygens (including phenoxy) is 1. The quantitative estimate of drug-likeness (QED) is 0.746. The molecule has 0 aliphatic carbocycles. The second kappa shape index (κ2) is 9.35. The summed E-state index contributed by atoms with van der Waals surface area (Å²) in [5, 5.41) is 2.97. The number of hydrogen-bond donors (Lipinski definition) is 1. The van der Waals surface area contributed by atoms with Gasteiger partial charge in [-0.15, -0.1) is 11.8 Å². The fourth-order valence-corrected chi connectivity index (χ4v) is 2.86. The van der Waals surface area contributed by atoms with Crippen molar-refractivity contribution < 1.29 is 9.53 Å². The van der Waals surface area contributed by atoms with E-state index in [4.69, 9.17) is 4.74 Å². The van der Waals surface area contributed by atoms with Crippen molar-refractivity contribution in [3.63, 3.8) is 0 Å². The lowest BCUT2D eigenvalue weighted by Crippen LogP contribution is -2.33. The largest absolute Gasteiger partial charge is 0.496 e. The Balaban J connectivity index is 1.87. The average molecular weight is 344 g/mol. The second-order valence-corrected chi connectivity index (χ2v) is 6.43. The first-order chi connectivity index (χ1) is 11.6. The molecule has 24 heavy (non-hydrogen) atoms. The van der Waals surface area contributed by atoms with Crippen LogP contribution in [0.3, 0.4) is 0 Å². The first-order valence-corrected chi connectivity index (χ1v) is 9.09. The van der Waals surface area contributed by atoms with E-state index >= 15 is 0 Å². The highest BCUT2D eigenvalue weighted by Crippen LogP contribution is 2.24. The molecule has 5 heteroatoms. The SMILES string of the molecule is COc1ccc(SC)cc1C(=O)NCCN(C)Cc1ccccc1. The third-order valence-electron chi connectivity index (χ3n) is 3.73. The number of likely N-dealkylation sites (N-methyl/N-ethyl adjacent to an activating group) is 1. The zero-order valence-electron chi connectivity index (χ0n) is 14.4. The fourth-order valence-electron chi connectivity index (χ4n) is 2.42. The average Bonchev–Trinajstić information content (AvgIpc) is 2.61. The van der Waals surface area contributed by atoms with Crippen molar-refractivity contribution in [2.24, 2.45) is 0 Å². The molecule has 2 aromatic rings. The van der Waals surface area contributed by atoms with Gasteiger partial charge in [-0.1, -0.05) is 30.3 Å². The summed E-state index contributed by atoms with van der Waals surface area (Å²) in [5.41, 5.74) is 1.84. The molecule has 2 aromatic carbocycles. The molecule has 0 unspecified atom stereocenters. The summed E-state index contributed by atoms with van der Waals surface area (Å²) in [6, 6.07) is 16.0. The van der Waals surface area contributed by atoms with Gasteiger partial charge < -0.3 is 15.0 Å². The van der Waals surface area contributed by atoms with Gasteiger partial charge in [0.2, 0.25) is 0 Å². The fraction of sp³-hybridized carbons (Fsp3) is 0.316. The lowest BCUT2D eigenvalue weighted by Gasteiger charge is -2.17. The molecule has 0 radical (unpaired) electrons. The number of amides is 1. The smallest absolute Gasteiger partial charge is 0.255 e. The Bertz CT molecular complexity index is 662. The lowest BCUT2D eigenvalue weighted by molar-refractivity contribution is 0.0946. The van der Waals surface area contributed by atoms with E-state index in [1.165, 1.54) is 5.56 Å². The molecular weight excluding hydrogens is 320 g/mol. The van der Waals surface area contributed by atoms with Crippen molar-refractivity contribution in [2.75, 3.05) is 33.5 Å². The summed E-state index contributed by atoms with van der Waals surface area (Å²) in [7, 11) is 3.63. The third-order valence-corrected chi connectivity index (χ3v) is 4.45. The molecule has 1 amide bonds. The molecular formula is C19H24N2O2S. The Morgan fingerprint density at radius 3 is 2.62 bits per heavy atom. The number of thioether (sulfide) groups is 1. The normalized spacial score (nSPS) is 10.7. The number of hydrogen-bond acceptors (Lipinski definition) is 4. The van der Waals surface area contributed by atoms with Crippen molar-refractivity contribution in [1.29, 1.82) is 0 Å². The number of benzene rings is 2. The Morgan fingerprint density at radius 2 is 1.96 bits per heavy atom. The van der Waals surface area contributed by atoms with Gasteiger partial charge in [0.1, 0.15) is 5.75 Å². The number of nitrogens with zero attached hydrogens (tertiary/aromatic N) is 1. The van der Waals surface area contributed by atoms with Crippen molar-refractivity contribution in [3.8, 4) is 5.75 Å². The molecule has 0 heterocycles. The maximum Gasteiger partial charge on any atom is 0.255 e. The summed E-state index contributed by atoms with van der Waals surface area (Å²) in [6.07, 6.45) is 1.99. The monoisotopic (exact) mass is 344 g/mol. The first-order valence-electron chi connectivity index (χ1n) is 7.86. The number of methoxy groups -OCH3 is 1. The molecule has 0 aliphatic heterocycles. The maximum atomic E-state index is 12.4. The van der Waals surface area contributed by atoms with E-state index in [9.17, 15) is 4.79 Å². The molecule has 0 spiro atoms. The topological polar surface area (TPSA) is 41.6 Å². The van der Waals surface area contributed by atoms with Crippen molar-refractivity contribution in [3.05, 3.63) is 59.7 Å². The van der Waals surface area contributed by atoms with Crippen LogP contribution in [0.5, 0.6) is 5.75 Å². The second-order valence-electron chi connectivity index (χ2n) is 5.55. The maximum absolute atomic E-state index is 12.4. The minimum Gasteiger partial charge on any atom is -0.496 e. The lowest BCUT2D eigenvalue weighted by atomic mass is 10.2. The van der Waals surface area contributed by atoms with Crippen LogP contribution in [0.1, 0.15) is 15.9 Å². The standard InChI is InChI=1S/C19H24N2O2S/c1-21(14-15-7-5-4-6-8-15)12-11-20-19(22)17-13-16(24-3)9-10-18(17)23-2/h4-10,13H,11-12,14H2,1-3H3,(H,20,22). The molecule has 0 bridgehead atoms. The van der Waals surface area contributed by atoms with E-state index < -0.39 is 0 Å². The highest BCUT2D eigenvalue weighted by Gasteiger charge is 2.13. The van der Waals surface area contributed by atoms with Gasteiger partial charge in [0, 0.05) is 24.5 Å². The van der Waals surface area contributed by atoms with Crippen molar-refractivity contribution in [1.82, 2.24) is 10.2 Å². The van der Waals surface area contributed by atoms with Crippen LogP contribution in [0.25, 0.3) is 0 Å². The van der Waals surface area contributed by atoms with Gasteiger partial charge in [0.15, 0.2) is 0 Å². The first kappa shape index (κ1) is 18.4. The Labute approximate surface area is 148 Å². The van der Waals surface area contributed by atoms with Crippen molar-refractivity contribution in [2.45, 2.75) is 11.4 Å². The summed E-state index contributed by atoms with van der Waals surface area (Å²) in [6.45, 7) is 2.24. The summed E-state index contributed by atoms with van der Waals surface area (Å²) < 4.78 is 5.29. The molecule has 0 saturated carbocycles. The highest BCUT2D eigenvalue weighted by molar-refractivity contribution is 7.98. The van der Waals surface area contributed by atoms with Crippen LogP contribution >= 0.6 is 11.8 Å². The van der Waals surface area contributed by atoms with E-state index in [-0.39, 0.29) is 5.91 Å². The summed E-state index contributed by atoms with van der Waals surface area (Å²) >= 11 is 1.61. The van der Waals surface area contributed by atoms with Gasteiger partial charge in [0.25, 0.3) is 5.91 Å². The molecule has 0 saturated heterocycles. The van der Waals surface area contributed by atoms with E-state index in [1.807, 2.05) is 49.7 Å². The van der Waals surface area contributed by atoms with E-state index in [0.29, 0.717) is 17.9 Å². The number of rotatable bonds is 8. The molecule has 0 fully saturated rings. The van der Waals surface area contributed by atoms with Crippen LogP contribution in [0, 0.1) is 0 Å². The minimum absolute atomic E-state index is 0.101. The van der Waals surface area contributed by atoms with Gasteiger partial charge >= 0.3 is 0 Å². The predicted molar refractivity (Wildman–Crippen MR) is 99.9 cm³/mol. The number of carbonyl (C=O) groups excluding carboxylic acids is 1. The molecule has 0 aromatic heterocycles. The van der Waals surface area contributed by atoms with E-state index in [2.05, 4.69) is 22.3 Å². The molecule has 128 valence electrons. The third kappa shape index (κ3) is 5.28. The van der Waals surface area contributed by atoms with Crippen molar-refractivity contribution >= 4 is 17.7 Å². The molecule has 0 atom stereocenters.